The Kier molecular flexibility index (Phi) is 10.5. The third kappa shape index (κ3) is 7.64. The van der Waals surface area contributed by atoms with Crippen molar-refractivity contribution in [3.8, 4) is 22.3 Å². The lowest BCUT2D eigenvalue weighted by atomic mass is 9.83. The van der Waals surface area contributed by atoms with E-state index in [0.29, 0.717) is 0 Å². The Morgan fingerprint density at radius 2 is 0.592 bits per heavy atom. The van der Waals surface area contributed by atoms with Gasteiger partial charge in [-0.05, 0) is 214 Å². The van der Waals surface area contributed by atoms with Crippen molar-refractivity contribution in [3.05, 3.63) is 277 Å². The van der Waals surface area contributed by atoms with E-state index in [1.807, 2.05) is 0 Å². The average Bonchev–Trinajstić information content (AvgIpc) is 3.52. The summed E-state index contributed by atoms with van der Waals surface area (Å²) in [7, 11) is 0. The molecule has 76 heavy (non-hydrogen) atoms. The van der Waals surface area contributed by atoms with Gasteiger partial charge in [0.05, 0.1) is 0 Å². The summed E-state index contributed by atoms with van der Waals surface area (Å²) in [5.41, 5.74) is 17.0. The van der Waals surface area contributed by atoms with Crippen molar-refractivity contribution in [3.63, 3.8) is 0 Å². The molecular weight excluding hydrogens is 917 g/mol. The SMILES string of the molecule is C1=Cc2ccc(-c3c4ccc(N(c5ccc6ccccc6c5)c5ccc6ccccc6c5)cc4c(-c4ccc5ccccc5c4)c4ccc(N(c5ccc6c(c5)CCC=C6)c5ccc6ccccc6c5)cc34)cc2CC1. The second kappa shape index (κ2) is 18.2. The molecule has 0 fully saturated rings. The first-order valence-corrected chi connectivity index (χ1v) is 26.8. The highest BCUT2D eigenvalue weighted by atomic mass is 15.1. The van der Waals surface area contributed by atoms with Crippen molar-refractivity contribution in [2.75, 3.05) is 9.80 Å². The van der Waals surface area contributed by atoms with Crippen LogP contribution in [-0.2, 0) is 12.8 Å². The number of allylic oxidation sites excluding steroid dienone is 2. The molecule has 15 rings (SSSR count). The van der Waals surface area contributed by atoms with E-state index in [1.54, 1.807) is 0 Å². The standard InChI is InChI=1S/C74H52N2/c1-7-19-55-41-61(27-25-49(55)13-1)73-69-39-37-68(76(65-35-31-53-17-5-11-23-59(53)45-65)66-36-32-54-18-6-12-24-60(54)46-66)48-72(69)74(62-28-26-50-14-2-8-20-56(50)42-62)70-40-38-67(47-71(70)73)75(63-33-29-51-15-3-9-21-57(51)43-63)64-34-30-52-16-4-10-22-58(52)44-64/h1-7,9-11,13-19,21-23,25-48H,8,12,20,24H2. The van der Waals surface area contributed by atoms with Gasteiger partial charge in [-0.3, -0.25) is 0 Å². The van der Waals surface area contributed by atoms with Crippen molar-refractivity contribution in [1.82, 2.24) is 0 Å². The van der Waals surface area contributed by atoms with Crippen LogP contribution in [0.3, 0.4) is 0 Å². The van der Waals surface area contributed by atoms with Gasteiger partial charge in [0.1, 0.15) is 0 Å². The fourth-order valence-corrected chi connectivity index (χ4v) is 12.4. The zero-order valence-electron chi connectivity index (χ0n) is 42.1. The Balaban J connectivity index is 1.04. The van der Waals surface area contributed by atoms with Gasteiger partial charge < -0.3 is 9.80 Å². The van der Waals surface area contributed by atoms with E-state index in [0.717, 1.165) is 59.8 Å². The van der Waals surface area contributed by atoms with Crippen LogP contribution in [0.25, 0.3) is 99.0 Å². The summed E-state index contributed by atoms with van der Waals surface area (Å²) in [5.74, 6) is 0. The molecule has 358 valence electrons. The molecule has 13 aromatic carbocycles. The molecule has 2 aliphatic rings. The van der Waals surface area contributed by atoms with E-state index >= 15 is 0 Å². The van der Waals surface area contributed by atoms with Crippen molar-refractivity contribution in [2.24, 2.45) is 0 Å². The fourth-order valence-electron chi connectivity index (χ4n) is 12.4. The lowest BCUT2D eigenvalue weighted by Crippen LogP contribution is -2.11. The van der Waals surface area contributed by atoms with Crippen molar-refractivity contribution in [1.29, 1.82) is 0 Å². The molecule has 0 saturated heterocycles. The Labute approximate surface area is 443 Å². The van der Waals surface area contributed by atoms with Crippen LogP contribution in [-0.4, -0.2) is 0 Å². The summed E-state index contributed by atoms with van der Waals surface area (Å²) in [6.45, 7) is 0. The van der Waals surface area contributed by atoms with Gasteiger partial charge in [-0.25, -0.2) is 0 Å². The number of hydrogen-bond acceptors (Lipinski definition) is 2. The molecule has 0 N–H and O–H groups in total. The Morgan fingerprint density at radius 1 is 0.250 bits per heavy atom. The van der Waals surface area contributed by atoms with Crippen LogP contribution in [0.5, 0.6) is 0 Å². The predicted octanol–water partition coefficient (Wildman–Crippen LogP) is 20.8. The Morgan fingerprint density at radius 3 is 1.08 bits per heavy atom. The number of fused-ring (bicyclic) bond motifs is 8. The summed E-state index contributed by atoms with van der Waals surface area (Å²) in [4.78, 5) is 4.94. The zero-order valence-corrected chi connectivity index (χ0v) is 42.1. The maximum absolute atomic E-state index is 2.49. The summed E-state index contributed by atoms with van der Waals surface area (Å²) < 4.78 is 0. The number of nitrogens with zero attached hydrogens (tertiary/aromatic N) is 2. The fraction of sp³-hybridized carbons (Fsp3) is 0.0541. The number of rotatable bonds is 8. The van der Waals surface area contributed by atoms with E-state index < -0.39 is 0 Å². The predicted molar refractivity (Wildman–Crippen MR) is 326 cm³/mol. The topological polar surface area (TPSA) is 6.48 Å². The van der Waals surface area contributed by atoms with Crippen LogP contribution in [0.4, 0.5) is 34.1 Å². The number of benzene rings is 13. The highest BCUT2D eigenvalue weighted by Gasteiger charge is 2.24. The molecular formula is C74H52N2. The number of aryl methyl sites for hydroxylation is 2. The largest absolute Gasteiger partial charge is 0.310 e. The summed E-state index contributed by atoms with van der Waals surface area (Å²) in [5, 5.41) is 14.6. The number of hydrogen-bond donors (Lipinski definition) is 0. The minimum absolute atomic E-state index is 1.02. The quantitative estimate of drug-likeness (QED) is 0.140. The minimum Gasteiger partial charge on any atom is -0.310 e. The van der Waals surface area contributed by atoms with Gasteiger partial charge in [0.15, 0.2) is 0 Å². The highest BCUT2D eigenvalue weighted by molar-refractivity contribution is 6.23. The van der Waals surface area contributed by atoms with E-state index in [-0.39, 0.29) is 0 Å². The van der Waals surface area contributed by atoms with Gasteiger partial charge in [-0.1, -0.05) is 188 Å². The Hall–Kier alpha value is -9.50. The molecule has 0 spiro atoms. The maximum atomic E-state index is 2.49. The van der Waals surface area contributed by atoms with Crippen LogP contribution < -0.4 is 9.80 Å². The first-order chi connectivity index (χ1) is 37.6. The summed E-state index contributed by atoms with van der Waals surface area (Å²) >= 11 is 0. The van der Waals surface area contributed by atoms with E-state index in [2.05, 4.69) is 277 Å². The van der Waals surface area contributed by atoms with Gasteiger partial charge >= 0.3 is 0 Å². The average molecular weight is 969 g/mol. The van der Waals surface area contributed by atoms with Crippen LogP contribution in [0, 0.1) is 0 Å². The monoisotopic (exact) mass is 968 g/mol. The van der Waals surface area contributed by atoms with Crippen molar-refractivity contribution < 1.29 is 0 Å². The smallest absolute Gasteiger partial charge is 0.0468 e. The van der Waals surface area contributed by atoms with Crippen LogP contribution >= 0.6 is 0 Å². The molecule has 2 nitrogen and oxygen atoms in total. The summed E-state index contributed by atoms with van der Waals surface area (Å²) in [6.07, 6.45) is 13.4. The molecule has 0 aliphatic heterocycles. The van der Waals surface area contributed by atoms with E-state index in [9.17, 15) is 0 Å². The molecule has 0 aromatic heterocycles. The molecule has 2 heteroatoms. The Bertz CT molecular complexity index is 4480. The first-order valence-electron chi connectivity index (χ1n) is 26.8. The van der Waals surface area contributed by atoms with Gasteiger partial charge in [0.25, 0.3) is 0 Å². The summed E-state index contributed by atoms with van der Waals surface area (Å²) in [6, 6.07) is 91.4. The number of anilines is 6. The maximum Gasteiger partial charge on any atom is 0.0468 e. The molecule has 0 amide bonds. The molecule has 0 radical (unpaired) electrons. The van der Waals surface area contributed by atoms with Crippen molar-refractivity contribution in [2.45, 2.75) is 25.7 Å². The first kappa shape index (κ1) is 44.0. The minimum atomic E-state index is 1.02. The second-order valence-electron chi connectivity index (χ2n) is 20.7. The van der Waals surface area contributed by atoms with Gasteiger partial charge in [0.2, 0.25) is 0 Å². The molecule has 0 saturated carbocycles. The van der Waals surface area contributed by atoms with E-state index in [1.165, 1.54) is 109 Å². The van der Waals surface area contributed by atoms with Crippen LogP contribution in [0.1, 0.15) is 35.1 Å². The normalized spacial score (nSPS) is 12.9. The molecule has 13 aromatic rings. The van der Waals surface area contributed by atoms with E-state index in [4.69, 9.17) is 0 Å². The molecule has 0 heterocycles. The van der Waals surface area contributed by atoms with Gasteiger partial charge in [0, 0.05) is 34.1 Å². The van der Waals surface area contributed by atoms with Gasteiger partial charge in [-0.2, -0.15) is 0 Å². The van der Waals surface area contributed by atoms with Crippen molar-refractivity contribution >= 4 is 111 Å². The molecule has 2 aliphatic carbocycles. The highest BCUT2D eigenvalue weighted by Crippen LogP contribution is 2.50. The second-order valence-corrected chi connectivity index (χ2v) is 20.7. The third-order valence-corrected chi connectivity index (χ3v) is 16.2. The van der Waals surface area contributed by atoms with Crippen LogP contribution in [0.2, 0.25) is 0 Å². The lowest BCUT2D eigenvalue weighted by molar-refractivity contribution is 0.984. The zero-order chi connectivity index (χ0) is 50.1. The molecule has 0 unspecified atom stereocenters. The lowest BCUT2D eigenvalue weighted by Gasteiger charge is -2.29. The van der Waals surface area contributed by atoms with Crippen LogP contribution in [0.15, 0.2) is 255 Å². The molecule has 0 atom stereocenters. The van der Waals surface area contributed by atoms with Gasteiger partial charge in [-0.15, -0.1) is 0 Å². The third-order valence-electron chi connectivity index (χ3n) is 16.2. The molecule has 0 bridgehead atoms.